The Morgan fingerprint density at radius 3 is 2.73 bits per heavy atom. The van der Waals surface area contributed by atoms with Crippen LogP contribution in [-0.2, 0) is 6.18 Å². The van der Waals surface area contributed by atoms with E-state index in [1.54, 1.807) is 0 Å². The zero-order valence-corrected chi connectivity index (χ0v) is 17.0. The summed E-state index contributed by atoms with van der Waals surface area (Å²) in [5, 5.41) is 6.30. The molecule has 2 unspecified atom stereocenters. The molecule has 3 rings (SSSR count). The summed E-state index contributed by atoms with van der Waals surface area (Å²) in [6.45, 7) is 6.65. The van der Waals surface area contributed by atoms with Crippen molar-refractivity contribution < 1.29 is 22.3 Å². The predicted octanol–water partition coefficient (Wildman–Crippen LogP) is 5.25. The maximum Gasteiger partial charge on any atom is 0.433 e. The Labute approximate surface area is 173 Å². The second kappa shape index (κ2) is 9.16. The summed E-state index contributed by atoms with van der Waals surface area (Å²) in [6.07, 6.45) is -1.85. The first-order valence-electron chi connectivity index (χ1n) is 10.1. The van der Waals surface area contributed by atoms with E-state index in [0.717, 1.165) is 38.4 Å². The van der Waals surface area contributed by atoms with E-state index in [1.807, 2.05) is 0 Å². The van der Waals surface area contributed by atoms with Crippen molar-refractivity contribution in [1.82, 2.24) is 15.3 Å². The first kappa shape index (κ1) is 22.3. The summed E-state index contributed by atoms with van der Waals surface area (Å²) < 4.78 is 58.6. The van der Waals surface area contributed by atoms with Crippen LogP contribution >= 0.6 is 0 Å². The third-order valence-corrected chi connectivity index (χ3v) is 5.92. The van der Waals surface area contributed by atoms with E-state index < -0.39 is 17.7 Å². The van der Waals surface area contributed by atoms with Crippen LogP contribution in [0.15, 0.2) is 30.3 Å². The lowest BCUT2D eigenvalue weighted by atomic mass is 9.67. The molecule has 1 aromatic heterocycles. The van der Waals surface area contributed by atoms with E-state index in [2.05, 4.69) is 34.4 Å². The molecule has 0 bridgehead atoms. The molecule has 1 aromatic carbocycles. The van der Waals surface area contributed by atoms with Crippen LogP contribution in [0.2, 0.25) is 0 Å². The van der Waals surface area contributed by atoms with Gasteiger partial charge in [0, 0.05) is 18.7 Å². The van der Waals surface area contributed by atoms with Crippen molar-refractivity contribution in [3.8, 4) is 11.6 Å². The Kier molecular flexibility index (Phi) is 6.80. The molecule has 0 amide bonds. The van der Waals surface area contributed by atoms with E-state index in [1.165, 1.54) is 18.2 Å². The van der Waals surface area contributed by atoms with Gasteiger partial charge in [0.15, 0.2) is 5.69 Å². The van der Waals surface area contributed by atoms with Gasteiger partial charge < -0.3 is 15.4 Å². The van der Waals surface area contributed by atoms with Crippen LogP contribution in [-0.4, -0.2) is 29.6 Å². The summed E-state index contributed by atoms with van der Waals surface area (Å²) in [4.78, 5) is 7.64. The molecule has 2 aromatic rings. The highest BCUT2D eigenvalue weighted by Gasteiger charge is 2.36. The number of halogens is 4. The third kappa shape index (κ3) is 5.38. The lowest BCUT2D eigenvalue weighted by Crippen LogP contribution is -2.44. The minimum atomic E-state index is -4.66. The van der Waals surface area contributed by atoms with Gasteiger partial charge in [-0.05, 0) is 49.4 Å². The van der Waals surface area contributed by atoms with Gasteiger partial charge in [-0.15, -0.1) is 0 Å². The summed E-state index contributed by atoms with van der Waals surface area (Å²) >= 11 is 0. The summed E-state index contributed by atoms with van der Waals surface area (Å²) in [7, 11) is 0. The molecular formula is C21H26F4N4O. The summed E-state index contributed by atoms with van der Waals surface area (Å²) in [5.41, 5.74) is -0.993. The topological polar surface area (TPSA) is 59.1 Å². The van der Waals surface area contributed by atoms with Crippen molar-refractivity contribution in [1.29, 1.82) is 0 Å². The lowest BCUT2D eigenvalue weighted by molar-refractivity contribution is -0.141. The number of aromatic nitrogens is 2. The first-order valence-corrected chi connectivity index (χ1v) is 10.1. The van der Waals surface area contributed by atoms with Gasteiger partial charge in [0.25, 0.3) is 0 Å². The van der Waals surface area contributed by atoms with Crippen molar-refractivity contribution in [2.75, 3.05) is 25.0 Å². The Balaban J connectivity index is 1.76. The number of benzene rings is 1. The number of piperidine rings is 1. The predicted molar refractivity (Wildman–Crippen MR) is 106 cm³/mol. The van der Waals surface area contributed by atoms with Gasteiger partial charge in [-0.2, -0.15) is 18.2 Å². The van der Waals surface area contributed by atoms with Gasteiger partial charge in [0.05, 0.1) is 0 Å². The number of nitrogens with zero attached hydrogens (tertiary/aromatic N) is 2. The van der Waals surface area contributed by atoms with E-state index in [4.69, 9.17) is 4.74 Å². The van der Waals surface area contributed by atoms with E-state index in [9.17, 15) is 17.6 Å². The average Bonchev–Trinajstić information content (AvgIpc) is 2.69. The Morgan fingerprint density at radius 2 is 2.07 bits per heavy atom. The number of ether oxygens (including phenoxy) is 1. The molecule has 0 saturated carbocycles. The van der Waals surface area contributed by atoms with E-state index >= 15 is 0 Å². The molecule has 0 spiro atoms. The Bertz CT molecular complexity index is 861. The quantitative estimate of drug-likeness (QED) is 0.592. The van der Waals surface area contributed by atoms with Gasteiger partial charge in [0.2, 0.25) is 11.8 Å². The number of anilines is 1. The van der Waals surface area contributed by atoms with Crippen molar-refractivity contribution in [2.45, 2.75) is 39.3 Å². The largest absolute Gasteiger partial charge is 0.439 e. The van der Waals surface area contributed by atoms with Gasteiger partial charge in [0.1, 0.15) is 11.6 Å². The average molecular weight is 426 g/mol. The maximum absolute atomic E-state index is 13.4. The fourth-order valence-corrected chi connectivity index (χ4v) is 3.97. The normalized spacial score (nSPS) is 22.0. The van der Waals surface area contributed by atoms with Gasteiger partial charge >= 0.3 is 6.18 Å². The van der Waals surface area contributed by atoms with Crippen LogP contribution in [0.5, 0.6) is 11.6 Å². The van der Waals surface area contributed by atoms with Crippen molar-refractivity contribution in [3.63, 3.8) is 0 Å². The highest BCUT2D eigenvalue weighted by Crippen LogP contribution is 2.40. The molecule has 1 fully saturated rings. The monoisotopic (exact) mass is 426 g/mol. The molecule has 0 aliphatic carbocycles. The molecule has 164 valence electrons. The molecule has 30 heavy (non-hydrogen) atoms. The fourth-order valence-electron chi connectivity index (χ4n) is 3.97. The molecule has 0 radical (unpaired) electrons. The highest BCUT2D eigenvalue weighted by atomic mass is 19.4. The zero-order chi connectivity index (χ0) is 21.8. The molecule has 1 aliphatic rings. The van der Waals surface area contributed by atoms with Crippen molar-refractivity contribution in [3.05, 3.63) is 41.8 Å². The van der Waals surface area contributed by atoms with Crippen LogP contribution in [0.4, 0.5) is 23.5 Å². The first-order chi connectivity index (χ1) is 14.2. The van der Waals surface area contributed by atoms with Crippen LogP contribution in [0.25, 0.3) is 0 Å². The second-order valence-electron chi connectivity index (χ2n) is 7.72. The summed E-state index contributed by atoms with van der Waals surface area (Å²) in [6, 6.07) is 5.84. The molecule has 1 aliphatic heterocycles. The smallest absolute Gasteiger partial charge is 0.433 e. The zero-order valence-electron chi connectivity index (χ0n) is 17.0. The third-order valence-electron chi connectivity index (χ3n) is 5.92. The van der Waals surface area contributed by atoms with Crippen molar-refractivity contribution in [2.24, 2.45) is 11.3 Å². The number of rotatable bonds is 7. The molecule has 5 nitrogen and oxygen atoms in total. The van der Waals surface area contributed by atoms with Crippen LogP contribution in [0, 0.1) is 17.2 Å². The van der Waals surface area contributed by atoms with Gasteiger partial charge in [-0.1, -0.05) is 26.3 Å². The van der Waals surface area contributed by atoms with Crippen LogP contribution in [0.1, 0.15) is 38.8 Å². The van der Waals surface area contributed by atoms with Gasteiger partial charge in [-0.3, -0.25) is 0 Å². The molecular weight excluding hydrogens is 400 g/mol. The number of hydrogen-bond donors (Lipinski definition) is 2. The van der Waals surface area contributed by atoms with Crippen LogP contribution in [0.3, 0.4) is 0 Å². The number of hydrogen-bond acceptors (Lipinski definition) is 5. The highest BCUT2D eigenvalue weighted by molar-refractivity contribution is 5.35. The fraction of sp³-hybridized carbons (Fsp3) is 0.524. The molecule has 2 atom stereocenters. The summed E-state index contributed by atoms with van der Waals surface area (Å²) in [5.74, 6) is -0.500. The SMILES string of the molecule is CCC1(CCNc2nc(Oc3cccc(F)c3)cc(C(F)(F)F)n2)CCNCC1C. The number of nitrogens with one attached hydrogen (secondary N) is 2. The Morgan fingerprint density at radius 1 is 1.27 bits per heavy atom. The van der Waals surface area contributed by atoms with Crippen molar-refractivity contribution >= 4 is 5.95 Å². The molecule has 9 heteroatoms. The minimum absolute atomic E-state index is 0.0567. The van der Waals surface area contributed by atoms with Crippen LogP contribution < -0.4 is 15.4 Å². The second-order valence-corrected chi connectivity index (χ2v) is 7.72. The maximum atomic E-state index is 13.4. The minimum Gasteiger partial charge on any atom is -0.439 e. The molecule has 2 heterocycles. The van der Waals surface area contributed by atoms with E-state index in [-0.39, 0.29) is 23.0 Å². The van der Waals surface area contributed by atoms with E-state index in [0.29, 0.717) is 18.5 Å². The molecule has 2 N–H and O–H groups in total. The lowest BCUT2D eigenvalue weighted by Gasteiger charge is -2.43. The van der Waals surface area contributed by atoms with Gasteiger partial charge in [-0.25, -0.2) is 9.37 Å². The standard InChI is InChI=1S/C21H26F4N4O/c1-3-20(7-9-26-13-14(20)2)8-10-27-19-28-17(21(23,24)25)12-18(29-19)30-16-6-4-5-15(22)11-16/h4-6,11-12,14,26H,3,7-10,13H2,1-2H3,(H,27,28,29). The Hall–Kier alpha value is -2.42. The number of alkyl halides is 3. The molecule has 1 saturated heterocycles.